The molecular weight excluding hydrogens is 286 g/mol. The van der Waals surface area contributed by atoms with Gasteiger partial charge >= 0.3 is 6.18 Å². The number of ether oxygens (including phenoxy) is 1. The van der Waals surface area contributed by atoms with E-state index in [0.717, 1.165) is 18.6 Å². The number of hydrogen-bond donors (Lipinski definition) is 1. The Kier molecular flexibility index (Phi) is 4.88. The lowest BCUT2D eigenvalue weighted by atomic mass is 9.87. The van der Waals surface area contributed by atoms with Gasteiger partial charge in [-0.3, -0.25) is 0 Å². The van der Waals surface area contributed by atoms with Gasteiger partial charge in [0.2, 0.25) is 0 Å². The molecule has 6 heteroatoms. The highest BCUT2D eigenvalue weighted by Crippen LogP contribution is 2.37. The van der Waals surface area contributed by atoms with E-state index in [1.807, 2.05) is 13.8 Å². The second-order valence-corrected chi connectivity index (χ2v) is 5.30. The van der Waals surface area contributed by atoms with Crippen LogP contribution in [0.5, 0.6) is 0 Å². The molecule has 1 aromatic carbocycles. The zero-order valence-electron chi connectivity index (χ0n) is 12.0. The lowest BCUT2D eigenvalue weighted by molar-refractivity contribution is -0.140. The lowest BCUT2D eigenvalue weighted by Crippen LogP contribution is -2.32. The summed E-state index contributed by atoms with van der Waals surface area (Å²) >= 11 is 0. The van der Waals surface area contributed by atoms with E-state index < -0.39 is 17.6 Å². The molecule has 0 spiro atoms. The fourth-order valence-corrected chi connectivity index (χ4v) is 2.88. The van der Waals surface area contributed by atoms with E-state index in [4.69, 9.17) is 4.74 Å². The summed E-state index contributed by atoms with van der Waals surface area (Å²) in [4.78, 5) is 0. The van der Waals surface area contributed by atoms with Crippen LogP contribution in [0.25, 0.3) is 0 Å². The van der Waals surface area contributed by atoms with Crippen LogP contribution in [0.15, 0.2) is 18.2 Å². The Morgan fingerprint density at radius 2 is 2.10 bits per heavy atom. The molecule has 3 unspecified atom stereocenters. The number of halogens is 4. The monoisotopic (exact) mass is 305 g/mol. The number of alkyl halides is 3. The molecule has 0 radical (unpaired) electrons. The van der Waals surface area contributed by atoms with Crippen molar-refractivity contribution < 1.29 is 22.3 Å². The molecule has 118 valence electrons. The van der Waals surface area contributed by atoms with Gasteiger partial charge in [-0.15, -0.1) is 0 Å². The van der Waals surface area contributed by atoms with Gasteiger partial charge in [-0.1, -0.05) is 13.0 Å². The summed E-state index contributed by atoms with van der Waals surface area (Å²) in [5, 5.41) is 3.20. The van der Waals surface area contributed by atoms with E-state index in [0.29, 0.717) is 18.7 Å². The third-order valence-corrected chi connectivity index (χ3v) is 3.94. The Morgan fingerprint density at radius 1 is 1.38 bits per heavy atom. The highest BCUT2D eigenvalue weighted by molar-refractivity contribution is 5.30. The molecule has 21 heavy (non-hydrogen) atoms. The van der Waals surface area contributed by atoms with Gasteiger partial charge in [0.05, 0.1) is 11.7 Å². The minimum Gasteiger partial charge on any atom is -0.378 e. The first-order valence-electron chi connectivity index (χ1n) is 7.06. The average molecular weight is 305 g/mol. The van der Waals surface area contributed by atoms with Crippen molar-refractivity contribution in [3.63, 3.8) is 0 Å². The molecule has 0 aliphatic carbocycles. The smallest absolute Gasteiger partial charge is 0.378 e. The van der Waals surface area contributed by atoms with Crippen LogP contribution in [0.4, 0.5) is 17.6 Å². The molecule has 0 aromatic heterocycles. The summed E-state index contributed by atoms with van der Waals surface area (Å²) in [6.45, 7) is 5.02. The first-order chi connectivity index (χ1) is 9.84. The largest absolute Gasteiger partial charge is 0.419 e. The first kappa shape index (κ1) is 16.2. The van der Waals surface area contributed by atoms with E-state index >= 15 is 0 Å². The minimum absolute atomic E-state index is 0.0339. The predicted octanol–water partition coefficient (Wildman–Crippen LogP) is 3.92. The Balaban J connectivity index is 2.36. The standard InChI is InChI=1S/C15H19F4NO/c1-3-20-14(11-6-7-21-9(11)2)10-4-5-13(16)12(8-10)15(17,18)19/h4-5,8-9,11,14,20H,3,6-7H2,1-2H3. The molecular formula is C15H19F4NO. The number of benzene rings is 1. The summed E-state index contributed by atoms with van der Waals surface area (Å²) in [5.41, 5.74) is -0.762. The van der Waals surface area contributed by atoms with Crippen molar-refractivity contribution in [3.8, 4) is 0 Å². The van der Waals surface area contributed by atoms with Gasteiger partial charge in [0, 0.05) is 18.6 Å². The van der Waals surface area contributed by atoms with Crippen LogP contribution in [0.2, 0.25) is 0 Å². The van der Waals surface area contributed by atoms with Crippen LogP contribution >= 0.6 is 0 Å². The normalized spacial score (nSPS) is 24.3. The van der Waals surface area contributed by atoms with Crippen molar-refractivity contribution in [1.82, 2.24) is 5.32 Å². The Morgan fingerprint density at radius 3 is 2.62 bits per heavy atom. The van der Waals surface area contributed by atoms with Crippen molar-refractivity contribution in [2.24, 2.45) is 5.92 Å². The summed E-state index contributed by atoms with van der Waals surface area (Å²) in [5.74, 6) is -1.16. The third kappa shape index (κ3) is 3.55. The van der Waals surface area contributed by atoms with E-state index in [1.54, 1.807) is 0 Å². The summed E-state index contributed by atoms with van der Waals surface area (Å²) < 4.78 is 57.4. The van der Waals surface area contributed by atoms with Crippen molar-refractivity contribution >= 4 is 0 Å². The van der Waals surface area contributed by atoms with Crippen molar-refractivity contribution in [1.29, 1.82) is 0 Å². The molecule has 0 saturated carbocycles. The van der Waals surface area contributed by atoms with Gasteiger partial charge in [0.1, 0.15) is 5.82 Å². The second kappa shape index (κ2) is 6.32. The Labute approximate surface area is 121 Å². The molecule has 1 saturated heterocycles. The van der Waals surface area contributed by atoms with Crippen molar-refractivity contribution in [2.75, 3.05) is 13.2 Å². The van der Waals surface area contributed by atoms with Gasteiger partial charge in [0.25, 0.3) is 0 Å². The van der Waals surface area contributed by atoms with Crippen molar-refractivity contribution in [2.45, 2.75) is 38.6 Å². The van der Waals surface area contributed by atoms with Crippen LogP contribution in [-0.4, -0.2) is 19.3 Å². The maximum Gasteiger partial charge on any atom is 0.419 e. The zero-order chi connectivity index (χ0) is 15.6. The molecule has 1 N–H and O–H groups in total. The van der Waals surface area contributed by atoms with Crippen LogP contribution < -0.4 is 5.32 Å². The molecule has 1 aliphatic heterocycles. The highest BCUT2D eigenvalue weighted by atomic mass is 19.4. The molecule has 2 rings (SSSR count). The fourth-order valence-electron chi connectivity index (χ4n) is 2.88. The fraction of sp³-hybridized carbons (Fsp3) is 0.600. The highest BCUT2D eigenvalue weighted by Gasteiger charge is 2.37. The van der Waals surface area contributed by atoms with Crippen LogP contribution in [0.3, 0.4) is 0 Å². The minimum atomic E-state index is -4.69. The van der Waals surface area contributed by atoms with Gasteiger partial charge in [0.15, 0.2) is 0 Å². The quantitative estimate of drug-likeness (QED) is 0.851. The van der Waals surface area contributed by atoms with E-state index in [2.05, 4.69) is 5.32 Å². The first-order valence-corrected chi connectivity index (χ1v) is 7.06. The molecule has 1 aliphatic rings. The van der Waals surface area contributed by atoms with Crippen LogP contribution in [0.1, 0.15) is 37.4 Å². The van der Waals surface area contributed by atoms with Crippen molar-refractivity contribution in [3.05, 3.63) is 35.1 Å². The number of hydrogen-bond acceptors (Lipinski definition) is 2. The van der Waals surface area contributed by atoms with Gasteiger partial charge < -0.3 is 10.1 Å². The molecule has 1 fully saturated rings. The third-order valence-electron chi connectivity index (χ3n) is 3.94. The van der Waals surface area contributed by atoms with Crippen LogP contribution in [0, 0.1) is 11.7 Å². The maximum atomic E-state index is 13.4. The van der Waals surface area contributed by atoms with E-state index in [1.165, 1.54) is 6.07 Å². The summed E-state index contributed by atoms with van der Waals surface area (Å²) in [6.07, 6.45) is -3.94. The summed E-state index contributed by atoms with van der Waals surface area (Å²) in [6, 6.07) is 2.95. The maximum absolute atomic E-state index is 13.4. The summed E-state index contributed by atoms with van der Waals surface area (Å²) in [7, 11) is 0. The number of nitrogens with one attached hydrogen (secondary N) is 1. The van der Waals surface area contributed by atoms with Crippen LogP contribution in [-0.2, 0) is 10.9 Å². The topological polar surface area (TPSA) is 21.3 Å². The predicted molar refractivity (Wildman–Crippen MR) is 71.3 cm³/mol. The van der Waals surface area contributed by atoms with Gasteiger partial charge in [-0.05, 0) is 37.6 Å². The molecule has 1 heterocycles. The van der Waals surface area contributed by atoms with E-state index in [-0.39, 0.29) is 18.1 Å². The molecule has 1 aromatic rings. The van der Waals surface area contributed by atoms with Gasteiger partial charge in [-0.25, -0.2) is 4.39 Å². The zero-order valence-corrected chi connectivity index (χ0v) is 12.0. The SMILES string of the molecule is CCNC(c1ccc(F)c(C(F)(F)F)c1)C1CCOC1C. The molecule has 2 nitrogen and oxygen atoms in total. The Hall–Kier alpha value is -1.14. The second-order valence-electron chi connectivity index (χ2n) is 5.30. The molecule has 0 bridgehead atoms. The Bertz CT molecular complexity index is 489. The van der Waals surface area contributed by atoms with Gasteiger partial charge in [-0.2, -0.15) is 13.2 Å². The molecule has 3 atom stereocenters. The molecule has 0 amide bonds. The average Bonchev–Trinajstić information content (AvgIpc) is 2.82. The van der Waals surface area contributed by atoms with E-state index in [9.17, 15) is 17.6 Å². The number of rotatable bonds is 4. The lowest BCUT2D eigenvalue weighted by Gasteiger charge is -2.27.